The van der Waals surface area contributed by atoms with E-state index in [-0.39, 0.29) is 5.91 Å². The van der Waals surface area contributed by atoms with Crippen LogP contribution in [0.1, 0.15) is 37.4 Å². The smallest absolute Gasteiger partial charge is 0.226 e. The maximum absolute atomic E-state index is 12.1. The molecule has 1 saturated heterocycles. The van der Waals surface area contributed by atoms with Crippen LogP contribution in [-0.2, 0) is 17.8 Å². The number of nitrogens with two attached hydrogens (primary N) is 1. The van der Waals surface area contributed by atoms with E-state index in [0.29, 0.717) is 18.0 Å². The van der Waals surface area contributed by atoms with Gasteiger partial charge in [0.05, 0.1) is 5.69 Å². The van der Waals surface area contributed by atoms with Gasteiger partial charge >= 0.3 is 0 Å². The van der Waals surface area contributed by atoms with Crippen LogP contribution in [-0.4, -0.2) is 28.9 Å². The number of piperidine rings is 1. The first-order valence-electron chi connectivity index (χ1n) is 8.90. The Kier molecular flexibility index (Phi) is 6.04. The van der Waals surface area contributed by atoms with Crippen LogP contribution >= 0.6 is 11.3 Å². The maximum atomic E-state index is 12.1. The molecule has 1 aromatic carbocycles. The highest BCUT2D eigenvalue weighted by Crippen LogP contribution is 2.21. The molecule has 2 heterocycles. The Morgan fingerprint density at radius 2 is 2.28 bits per heavy atom. The molecule has 3 N–H and O–H groups in total. The van der Waals surface area contributed by atoms with Crippen LogP contribution in [0.5, 0.6) is 0 Å². The van der Waals surface area contributed by atoms with Crippen molar-refractivity contribution >= 4 is 28.1 Å². The second kappa shape index (κ2) is 8.45. The van der Waals surface area contributed by atoms with E-state index in [2.05, 4.69) is 22.1 Å². The molecule has 134 valence electrons. The molecule has 1 aliphatic rings. The van der Waals surface area contributed by atoms with Crippen molar-refractivity contribution in [2.45, 2.75) is 39.2 Å². The first-order valence-corrected chi connectivity index (χ1v) is 9.78. The summed E-state index contributed by atoms with van der Waals surface area (Å²) in [6.45, 7) is 5.45. The summed E-state index contributed by atoms with van der Waals surface area (Å²) in [6, 6.07) is 7.67. The molecule has 1 unspecified atom stereocenters. The first kappa shape index (κ1) is 17.9. The minimum absolute atomic E-state index is 0.0178. The number of aryl methyl sites for hydroxylation is 1. The lowest BCUT2D eigenvalue weighted by Gasteiger charge is -2.30. The summed E-state index contributed by atoms with van der Waals surface area (Å²) in [5.41, 5.74) is 8.71. The molecule has 5 nitrogen and oxygen atoms in total. The topological polar surface area (TPSA) is 71.2 Å². The van der Waals surface area contributed by atoms with Crippen LogP contribution < -0.4 is 11.1 Å². The van der Waals surface area contributed by atoms with Crippen LogP contribution in [0, 0.1) is 5.92 Å². The number of aromatic nitrogens is 1. The third-order valence-corrected chi connectivity index (χ3v) is 5.41. The lowest BCUT2D eigenvalue weighted by molar-refractivity contribution is -0.116. The molecule has 0 radical (unpaired) electrons. The number of hydrogen-bond donors (Lipinski definition) is 2. The quantitative estimate of drug-likeness (QED) is 0.775. The molecule has 6 heteroatoms. The highest BCUT2D eigenvalue weighted by Gasteiger charge is 2.17. The van der Waals surface area contributed by atoms with Crippen LogP contribution in [0.25, 0.3) is 0 Å². The van der Waals surface area contributed by atoms with Crippen molar-refractivity contribution in [3.05, 3.63) is 40.9 Å². The Labute approximate surface area is 153 Å². The van der Waals surface area contributed by atoms with Gasteiger partial charge in [0.2, 0.25) is 5.91 Å². The number of anilines is 2. The Morgan fingerprint density at radius 1 is 1.44 bits per heavy atom. The molecule has 1 amide bonds. The highest BCUT2D eigenvalue weighted by atomic mass is 32.1. The number of amides is 1. The average molecular weight is 359 g/mol. The lowest BCUT2D eigenvalue weighted by atomic mass is 10.0. The summed E-state index contributed by atoms with van der Waals surface area (Å²) in [5.74, 6) is 0.743. The molecular weight excluding hydrogens is 332 g/mol. The van der Waals surface area contributed by atoms with Crippen molar-refractivity contribution < 1.29 is 4.79 Å². The zero-order chi connectivity index (χ0) is 17.6. The van der Waals surface area contributed by atoms with E-state index < -0.39 is 0 Å². The van der Waals surface area contributed by atoms with Crippen LogP contribution in [0.2, 0.25) is 0 Å². The zero-order valence-electron chi connectivity index (χ0n) is 14.7. The third kappa shape index (κ3) is 5.28. The van der Waals surface area contributed by atoms with E-state index in [4.69, 9.17) is 5.73 Å². The predicted molar refractivity (Wildman–Crippen MR) is 104 cm³/mol. The number of carbonyl (C=O) groups is 1. The molecule has 0 saturated carbocycles. The molecule has 1 atom stereocenters. The zero-order valence-corrected chi connectivity index (χ0v) is 15.5. The SMILES string of the molecule is CC1CCCN(Cc2csc(NC(=O)CCc3ccccc3N)n2)C1. The third-order valence-electron chi connectivity index (χ3n) is 4.60. The fourth-order valence-corrected chi connectivity index (χ4v) is 4.01. The van der Waals surface area contributed by atoms with E-state index in [1.54, 1.807) is 0 Å². The van der Waals surface area contributed by atoms with Crippen molar-refractivity contribution in [3.8, 4) is 0 Å². The number of hydrogen-bond acceptors (Lipinski definition) is 5. The van der Waals surface area contributed by atoms with Crippen molar-refractivity contribution in [2.75, 3.05) is 24.1 Å². The van der Waals surface area contributed by atoms with Gasteiger partial charge < -0.3 is 11.1 Å². The van der Waals surface area contributed by atoms with Gasteiger partial charge in [-0.1, -0.05) is 25.1 Å². The Balaban J connectivity index is 1.47. The number of nitrogens with one attached hydrogen (secondary N) is 1. The molecule has 0 aliphatic carbocycles. The van der Waals surface area contributed by atoms with Crippen LogP contribution in [0.15, 0.2) is 29.6 Å². The second-order valence-corrected chi connectivity index (χ2v) is 7.73. The Morgan fingerprint density at radius 3 is 3.08 bits per heavy atom. The van der Waals surface area contributed by atoms with Gasteiger partial charge in [-0.3, -0.25) is 9.69 Å². The molecule has 25 heavy (non-hydrogen) atoms. The maximum Gasteiger partial charge on any atom is 0.226 e. The molecule has 0 spiro atoms. The van der Waals surface area contributed by atoms with Gasteiger partial charge in [0.1, 0.15) is 0 Å². The van der Waals surface area contributed by atoms with Crippen LogP contribution in [0.3, 0.4) is 0 Å². The highest BCUT2D eigenvalue weighted by molar-refractivity contribution is 7.13. The number of rotatable bonds is 6. The standard InChI is InChI=1S/C19H26N4OS/c1-14-5-4-10-23(11-14)12-16-13-25-19(21-16)22-18(24)9-8-15-6-2-3-7-17(15)20/h2-3,6-7,13-14H,4-5,8-12,20H2,1H3,(H,21,22,24). The summed E-state index contributed by atoms with van der Waals surface area (Å²) in [5, 5.41) is 5.64. The van der Waals surface area contributed by atoms with Crippen molar-refractivity contribution in [1.82, 2.24) is 9.88 Å². The number of carbonyl (C=O) groups excluding carboxylic acids is 1. The number of likely N-dealkylation sites (tertiary alicyclic amines) is 1. The molecule has 0 bridgehead atoms. The molecular formula is C19H26N4OS. The fraction of sp³-hybridized carbons (Fsp3) is 0.474. The number of nitrogen functional groups attached to an aromatic ring is 1. The normalized spacial score (nSPS) is 18.2. The van der Waals surface area contributed by atoms with Gasteiger partial charge in [-0.2, -0.15) is 0 Å². The summed E-state index contributed by atoms with van der Waals surface area (Å²) in [7, 11) is 0. The van der Waals surface area contributed by atoms with Gasteiger partial charge in [-0.15, -0.1) is 11.3 Å². The van der Waals surface area contributed by atoms with E-state index >= 15 is 0 Å². The number of benzene rings is 1. The molecule has 1 aliphatic heterocycles. The lowest BCUT2D eigenvalue weighted by Crippen LogP contribution is -2.33. The van der Waals surface area contributed by atoms with Gasteiger partial charge in [0.15, 0.2) is 5.13 Å². The molecule has 1 fully saturated rings. The number of nitrogens with zero attached hydrogens (tertiary/aromatic N) is 2. The van der Waals surface area contributed by atoms with E-state index in [1.807, 2.05) is 29.6 Å². The summed E-state index contributed by atoms with van der Waals surface area (Å²) >= 11 is 1.50. The minimum atomic E-state index is -0.0178. The number of para-hydroxylation sites is 1. The summed E-state index contributed by atoms with van der Waals surface area (Å²) in [6.07, 6.45) is 3.63. The predicted octanol–water partition coefficient (Wildman–Crippen LogP) is 3.53. The largest absolute Gasteiger partial charge is 0.399 e. The van der Waals surface area contributed by atoms with Crippen molar-refractivity contribution in [2.24, 2.45) is 5.92 Å². The summed E-state index contributed by atoms with van der Waals surface area (Å²) in [4.78, 5) is 19.2. The van der Waals surface area contributed by atoms with Gasteiger partial charge in [0.25, 0.3) is 0 Å². The van der Waals surface area contributed by atoms with E-state index in [0.717, 1.165) is 42.5 Å². The van der Waals surface area contributed by atoms with E-state index in [9.17, 15) is 4.79 Å². The molecule has 2 aromatic rings. The average Bonchev–Trinajstić information content (AvgIpc) is 3.01. The van der Waals surface area contributed by atoms with Crippen molar-refractivity contribution in [3.63, 3.8) is 0 Å². The Hall–Kier alpha value is -1.92. The Bertz CT molecular complexity index is 715. The number of thiazole rings is 1. The second-order valence-electron chi connectivity index (χ2n) is 6.87. The van der Waals surface area contributed by atoms with E-state index in [1.165, 1.54) is 24.2 Å². The minimum Gasteiger partial charge on any atom is -0.399 e. The van der Waals surface area contributed by atoms with Gasteiger partial charge in [0, 0.05) is 30.6 Å². The monoisotopic (exact) mass is 358 g/mol. The fourth-order valence-electron chi connectivity index (χ4n) is 3.29. The first-order chi connectivity index (χ1) is 12.1. The molecule has 1 aromatic heterocycles. The summed E-state index contributed by atoms with van der Waals surface area (Å²) < 4.78 is 0. The molecule has 3 rings (SSSR count). The van der Waals surface area contributed by atoms with Crippen LogP contribution in [0.4, 0.5) is 10.8 Å². The van der Waals surface area contributed by atoms with Crippen molar-refractivity contribution in [1.29, 1.82) is 0 Å². The van der Waals surface area contributed by atoms with Gasteiger partial charge in [-0.25, -0.2) is 4.98 Å². The van der Waals surface area contributed by atoms with Gasteiger partial charge in [-0.05, 0) is 43.4 Å².